The second-order valence-corrected chi connectivity index (χ2v) is 4.00. The third kappa shape index (κ3) is 2.99. The molecule has 88 valence electrons. The molecule has 0 N–H and O–H groups in total. The zero-order valence-electron chi connectivity index (χ0n) is 9.64. The monoisotopic (exact) mass is 249 g/mol. The number of hydrogen-bond donors (Lipinski definition) is 0. The van der Waals surface area contributed by atoms with Crippen molar-refractivity contribution >= 4 is 11.6 Å². The van der Waals surface area contributed by atoms with Crippen LogP contribution >= 0.6 is 11.6 Å². The van der Waals surface area contributed by atoms with Gasteiger partial charge in [0.2, 0.25) is 0 Å². The summed E-state index contributed by atoms with van der Waals surface area (Å²) in [6.45, 7) is 2.28. The van der Waals surface area contributed by atoms with E-state index in [0.29, 0.717) is 17.6 Å². The normalized spacial score (nSPS) is 10.5. The molecule has 2 rings (SSSR count). The minimum Gasteiger partial charge on any atom is -0.377 e. The van der Waals surface area contributed by atoms with Gasteiger partial charge in [0.05, 0.1) is 5.69 Å². The Kier molecular flexibility index (Phi) is 3.66. The predicted octanol–water partition coefficient (Wildman–Crippen LogP) is 2.65. The van der Waals surface area contributed by atoms with E-state index in [-0.39, 0.29) is 0 Å². The number of aryl methyl sites for hydroxylation is 1. The van der Waals surface area contributed by atoms with Crippen LogP contribution in [0.5, 0.6) is 0 Å². The van der Waals surface area contributed by atoms with Crippen LogP contribution in [-0.2, 0) is 11.3 Å². The molecule has 17 heavy (non-hydrogen) atoms. The van der Waals surface area contributed by atoms with E-state index in [9.17, 15) is 0 Å². The molecule has 0 spiro atoms. The fourth-order valence-corrected chi connectivity index (χ4v) is 1.63. The third-order valence-corrected chi connectivity index (χ3v) is 2.42. The maximum absolute atomic E-state index is 5.94. The molecule has 0 aliphatic carbocycles. The third-order valence-electron chi connectivity index (χ3n) is 2.22. The molecular formula is C12H12ClN3O. The van der Waals surface area contributed by atoms with Crippen LogP contribution in [0.3, 0.4) is 0 Å². The lowest BCUT2D eigenvalue weighted by molar-refractivity contribution is 0.178. The predicted molar refractivity (Wildman–Crippen MR) is 65.7 cm³/mol. The van der Waals surface area contributed by atoms with Crippen LogP contribution in [0.25, 0.3) is 11.3 Å². The maximum atomic E-state index is 5.94. The quantitative estimate of drug-likeness (QED) is 0.785. The summed E-state index contributed by atoms with van der Waals surface area (Å²) in [5.41, 5.74) is 2.63. The number of aromatic nitrogens is 3. The van der Waals surface area contributed by atoms with Crippen LogP contribution in [0.2, 0.25) is 5.15 Å². The smallest absolute Gasteiger partial charge is 0.156 e. The molecule has 0 saturated heterocycles. The Morgan fingerprint density at radius 3 is 2.76 bits per heavy atom. The molecule has 2 aromatic rings. The van der Waals surface area contributed by atoms with E-state index in [1.807, 2.05) is 19.1 Å². The zero-order chi connectivity index (χ0) is 12.3. The highest BCUT2D eigenvalue weighted by Gasteiger charge is 2.05. The highest BCUT2D eigenvalue weighted by atomic mass is 35.5. The van der Waals surface area contributed by atoms with Gasteiger partial charge in [0.1, 0.15) is 11.8 Å². The number of nitrogens with zero attached hydrogens (tertiary/aromatic N) is 3. The highest BCUT2D eigenvalue weighted by molar-refractivity contribution is 6.29. The van der Waals surface area contributed by atoms with Crippen LogP contribution < -0.4 is 0 Å². The van der Waals surface area contributed by atoms with Gasteiger partial charge in [-0.05, 0) is 19.1 Å². The molecular weight excluding hydrogens is 238 g/mol. The summed E-state index contributed by atoms with van der Waals surface area (Å²) in [4.78, 5) is 12.7. The van der Waals surface area contributed by atoms with Crippen LogP contribution in [-0.4, -0.2) is 22.1 Å². The van der Waals surface area contributed by atoms with Crippen molar-refractivity contribution in [2.75, 3.05) is 7.11 Å². The minimum absolute atomic E-state index is 0.340. The Morgan fingerprint density at radius 1 is 1.29 bits per heavy atom. The molecule has 0 atom stereocenters. The molecule has 4 nitrogen and oxygen atoms in total. The second kappa shape index (κ2) is 5.21. The van der Waals surface area contributed by atoms with Gasteiger partial charge in [-0.25, -0.2) is 9.97 Å². The number of halogens is 1. The van der Waals surface area contributed by atoms with Crippen LogP contribution in [0.15, 0.2) is 24.4 Å². The number of methoxy groups -OCH3 is 1. The molecule has 0 radical (unpaired) electrons. The van der Waals surface area contributed by atoms with E-state index >= 15 is 0 Å². The van der Waals surface area contributed by atoms with Gasteiger partial charge in [-0.1, -0.05) is 11.6 Å². The first-order valence-electron chi connectivity index (χ1n) is 5.14. The fourth-order valence-electron chi connectivity index (χ4n) is 1.43. The maximum Gasteiger partial charge on any atom is 0.156 e. The molecule has 0 unspecified atom stereocenters. The number of pyridine rings is 1. The average Bonchev–Trinajstić information content (AvgIpc) is 2.29. The summed E-state index contributed by atoms with van der Waals surface area (Å²) in [5, 5.41) is 0.405. The van der Waals surface area contributed by atoms with Crippen molar-refractivity contribution in [3.8, 4) is 11.3 Å². The standard InChI is InChI=1S/C12H12ClN3O/c1-8-3-4-9(6-14-8)10-5-11(13)16-12(15-10)7-17-2/h3-6H,7H2,1-2H3. The summed E-state index contributed by atoms with van der Waals surface area (Å²) in [6.07, 6.45) is 1.77. The lowest BCUT2D eigenvalue weighted by atomic mass is 10.2. The van der Waals surface area contributed by atoms with E-state index in [4.69, 9.17) is 16.3 Å². The van der Waals surface area contributed by atoms with Crippen molar-refractivity contribution in [3.05, 3.63) is 41.1 Å². The van der Waals surface area contributed by atoms with E-state index in [1.54, 1.807) is 19.4 Å². The van der Waals surface area contributed by atoms with Gasteiger partial charge >= 0.3 is 0 Å². The Labute approximate surface area is 105 Å². The van der Waals surface area contributed by atoms with E-state index in [2.05, 4.69) is 15.0 Å². The molecule has 0 aromatic carbocycles. The summed E-state index contributed by atoms with van der Waals surface area (Å²) in [6, 6.07) is 5.60. The molecule has 0 amide bonds. The molecule has 0 bridgehead atoms. The SMILES string of the molecule is COCc1nc(Cl)cc(-c2ccc(C)nc2)n1. The lowest BCUT2D eigenvalue weighted by Crippen LogP contribution is -1.99. The Hall–Kier alpha value is -1.52. The van der Waals surface area contributed by atoms with Crippen molar-refractivity contribution in [1.82, 2.24) is 15.0 Å². The fraction of sp³-hybridized carbons (Fsp3) is 0.250. The zero-order valence-corrected chi connectivity index (χ0v) is 10.4. The summed E-state index contributed by atoms with van der Waals surface area (Å²) >= 11 is 5.94. The Morgan fingerprint density at radius 2 is 2.12 bits per heavy atom. The topological polar surface area (TPSA) is 47.9 Å². The van der Waals surface area contributed by atoms with Gasteiger partial charge in [0.15, 0.2) is 5.82 Å². The lowest BCUT2D eigenvalue weighted by Gasteiger charge is -2.04. The molecule has 2 aromatic heterocycles. The number of hydrogen-bond acceptors (Lipinski definition) is 4. The van der Waals surface area contributed by atoms with Crippen molar-refractivity contribution in [3.63, 3.8) is 0 Å². The van der Waals surface area contributed by atoms with Crippen molar-refractivity contribution in [2.45, 2.75) is 13.5 Å². The average molecular weight is 250 g/mol. The van der Waals surface area contributed by atoms with Crippen molar-refractivity contribution in [1.29, 1.82) is 0 Å². The molecule has 5 heteroatoms. The highest BCUT2D eigenvalue weighted by Crippen LogP contribution is 2.19. The first-order valence-corrected chi connectivity index (χ1v) is 5.52. The van der Waals surface area contributed by atoms with Crippen LogP contribution in [0.1, 0.15) is 11.5 Å². The summed E-state index contributed by atoms with van der Waals surface area (Å²) in [7, 11) is 1.59. The van der Waals surface area contributed by atoms with Gasteiger partial charge in [0, 0.05) is 30.6 Å². The Balaban J connectivity index is 2.40. The minimum atomic E-state index is 0.340. The Bertz CT molecular complexity index is 514. The molecule has 0 fully saturated rings. The molecule has 0 aliphatic rings. The first kappa shape index (κ1) is 12.0. The summed E-state index contributed by atoms with van der Waals surface area (Å²) in [5.74, 6) is 0.565. The summed E-state index contributed by atoms with van der Waals surface area (Å²) < 4.78 is 4.99. The van der Waals surface area contributed by atoms with Gasteiger partial charge in [0.25, 0.3) is 0 Å². The molecule has 2 heterocycles. The van der Waals surface area contributed by atoms with Crippen LogP contribution in [0.4, 0.5) is 0 Å². The van der Waals surface area contributed by atoms with E-state index in [0.717, 1.165) is 17.0 Å². The molecule has 0 saturated carbocycles. The van der Waals surface area contributed by atoms with Gasteiger partial charge in [-0.2, -0.15) is 0 Å². The number of rotatable bonds is 3. The van der Waals surface area contributed by atoms with Gasteiger partial charge < -0.3 is 4.74 Å². The number of ether oxygens (including phenoxy) is 1. The van der Waals surface area contributed by atoms with E-state index < -0.39 is 0 Å². The largest absolute Gasteiger partial charge is 0.377 e. The second-order valence-electron chi connectivity index (χ2n) is 3.61. The van der Waals surface area contributed by atoms with E-state index in [1.165, 1.54) is 0 Å². The van der Waals surface area contributed by atoms with Gasteiger partial charge in [-0.15, -0.1) is 0 Å². The van der Waals surface area contributed by atoms with Crippen molar-refractivity contribution < 1.29 is 4.74 Å². The van der Waals surface area contributed by atoms with Gasteiger partial charge in [-0.3, -0.25) is 4.98 Å². The van der Waals surface area contributed by atoms with Crippen LogP contribution in [0, 0.1) is 6.92 Å². The van der Waals surface area contributed by atoms with Crippen molar-refractivity contribution in [2.24, 2.45) is 0 Å². The molecule has 0 aliphatic heterocycles. The first-order chi connectivity index (χ1) is 8.19.